The first-order chi connectivity index (χ1) is 6.65. The van der Waals surface area contributed by atoms with E-state index in [2.05, 4.69) is 0 Å². The Bertz CT molecular complexity index is 339. The van der Waals surface area contributed by atoms with Crippen molar-refractivity contribution in [2.45, 2.75) is 0 Å². The molecule has 0 aliphatic heterocycles. The van der Waals surface area contributed by atoms with Gasteiger partial charge in [-0.1, -0.05) is 11.6 Å². The molecule has 1 aromatic carbocycles. The fourth-order valence-electron chi connectivity index (χ4n) is 0.944. The van der Waals surface area contributed by atoms with Gasteiger partial charge in [-0.2, -0.15) is 0 Å². The van der Waals surface area contributed by atoms with Crippen LogP contribution in [0.4, 0.5) is 0 Å². The van der Waals surface area contributed by atoms with E-state index in [0.29, 0.717) is 10.9 Å². The molecule has 1 rings (SSSR count). The third-order valence-electron chi connectivity index (χ3n) is 1.51. The van der Waals surface area contributed by atoms with Gasteiger partial charge < -0.3 is 9.84 Å². The third-order valence-corrected chi connectivity index (χ3v) is 1.90. The maximum Gasteiger partial charge on any atom is 0.339 e. The molecular weight excluding hydrogens is 227 g/mol. The standard InChI is InChI=1S/C9H8Cl2O3/c10-3-4-14-8-2-1-6(11)5-7(8)9(12)13/h1-2,5H,3-4H2,(H,12,13). The highest BCUT2D eigenvalue weighted by Gasteiger charge is 2.11. The Kier molecular flexibility index (Phi) is 4.04. The number of halogens is 2. The first-order valence-electron chi connectivity index (χ1n) is 3.86. The van der Waals surface area contributed by atoms with E-state index in [1.165, 1.54) is 12.1 Å². The van der Waals surface area contributed by atoms with Crippen LogP contribution in [-0.2, 0) is 0 Å². The van der Waals surface area contributed by atoms with E-state index in [-0.39, 0.29) is 17.9 Å². The second-order valence-electron chi connectivity index (χ2n) is 2.48. The molecule has 0 aliphatic carbocycles. The van der Waals surface area contributed by atoms with Crippen LogP contribution in [0, 0.1) is 0 Å². The number of aromatic carboxylic acids is 1. The molecule has 76 valence electrons. The first kappa shape index (κ1) is 11.1. The number of benzene rings is 1. The molecule has 0 amide bonds. The molecule has 1 N–H and O–H groups in total. The average molecular weight is 235 g/mol. The Hall–Kier alpha value is -0.930. The fourth-order valence-corrected chi connectivity index (χ4v) is 1.19. The summed E-state index contributed by atoms with van der Waals surface area (Å²) in [7, 11) is 0. The monoisotopic (exact) mass is 234 g/mol. The number of carboxylic acids is 1. The highest BCUT2D eigenvalue weighted by atomic mass is 35.5. The van der Waals surface area contributed by atoms with Crippen LogP contribution in [0.5, 0.6) is 5.75 Å². The van der Waals surface area contributed by atoms with Crippen molar-refractivity contribution < 1.29 is 14.6 Å². The summed E-state index contributed by atoms with van der Waals surface area (Å²) < 4.78 is 5.13. The van der Waals surface area contributed by atoms with Crippen LogP contribution < -0.4 is 4.74 Å². The zero-order valence-corrected chi connectivity index (χ0v) is 8.68. The molecule has 5 heteroatoms. The number of carbonyl (C=O) groups is 1. The summed E-state index contributed by atoms with van der Waals surface area (Å²) in [4.78, 5) is 10.8. The van der Waals surface area contributed by atoms with Crippen molar-refractivity contribution in [3.05, 3.63) is 28.8 Å². The summed E-state index contributed by atoms with van der Waals surface area (Å²) in [5, 5.41) is 9.18. The first-order valence-corrected chi connectivity index (χ1v) is 4.78. The van der Waals surface area contributed by atoms with E-state index >= 15 is 0 Å². The molecule has 0 aromatic heterocycles. The van der Waals surface area contributed by atoms with Crippen LogP contribution in [-0.4, -0.2) is 23.6 Å². The zero-order valence-electron chi connectivity index (χ0n) is 7.17. The molecule has 0 unspecified atom stereocenters. The van der Waals surface area contributed by atoms with Crippen molar-refractivity contribution in [3.8, 4) is 5.75 Å². The quantitative estimate of drug-likeness (QED) is 0.816. The molecule has 0 saturated carbocycles. The molecule has 0 atom stereocenters. The molecule has 14 heavy (non-hydrogen) atoms. The van der Waals surface area contributed by atoms with Crippen molar-refractivity contribution in [1.82, 2.24) is 0 Å². The van der Waals surface area contributed by atoms with E-state index in [0.717, 1.165) is 0 Å². The van der Waals surface area contributed by atoms with Gasteiger partial charge in [-0.25, -0.2) is 4.79 Å². The van der Waals surface area contributed by atoms with Crippen LogP contribution in [0.3, 0.4) is 0 Å². The third kappa shape index (κ3) is 2.79. The molecule has 0 saturated heterocycles. The molecular formula is C9H8Cl2O3. The van der Waals surface area contributed by atoms with Crippen LogP contribution in [0.2, 0.25) is 5.02 Å². The minimum absolute atomic E-state index is 0.0441. The van der Waals surface area contributed by atoms with Crippen LogP contribution in [0.1, 0.15) is 10.4 Å². The molecule has 0 heterocycles. The van der Waals surface area contributed by atoms with E-state index in [4.69, 9.17) is 33.0 Å². The SMILES string of the molecule is O=C(O)c1cc(Cl)ccc1OCCCl. The summed E-state index contributed by atoms with van der Waals surface area (Å²) in [6.07, 6.45) is 0. The predicted octanol–water partition coefficient (Wildman–Crippen LogP) is 2.66. The molecule has 0 bridgehead atoms. The van der Waals surface area contributed by atoms with Crippen molar-refractivity contribution in [3.63, 3.8) is 0 Å². The van der Waals surface area contributed by atoms with Gasteiger partial charge in [-0.3, -0.25) is 0 Å². The van der Waals surface area contributed by atoms with Gasteiger partial charge in [0.15, 0.2) is 0 Å². The molecule has 0 fully saturated rings. The van der Waals surface area contributed by atoms with Crippen LogP contribution in [0.25, 0.3) is 0 Å². The fraction of sp³-hybridized carbons (Fsp3) is 0.222. The highest BCUT2D eigenvalue weighted by Crippen LogP contribution is 2.22. The molecule has 0 spiro atoms. The highest BCUT2D eigenvalue weighted by molar-refractivity contribution is 6.31. The number of rotatable bonds is 4. The van der Waals surface area contributed by atoms with Gasteiger partial charge in [0.1, 0.15) is 17.9 Å². The lowest BCUT2D eigenvalue weighted by molar-refractivity contribution is 0.0692. The van der Waals surface area contributed by atoms with Crippen molar-refractivity contribution >= 4 is 29.2 Å². The minimum Gasteiger partial charge on any atom is -0.491 e. The van der Waals surface area contributed by atoms with E-state index < -0.39 is 5.97 Å². The lowest BCUT2D eigenvalue weighted by Crippen LogP contribution is -2.05. The number of carboxylic acid groups (broad SMARTS) is 1. The van der Waals surface area contributed by atoms with Gasteiger partial charge in [-0.05, 0) is 18.2 Å². The Balaban J connectivity index is 2.96. The number of hydrogen-bond acceptors (Lipinski definition) is 2. The molecule has 3 nitrogen and oxygen atoms in total. The second-order valence-corrected chi connectivity index (χ2v) is 3.30. The largest absolute Gasteiger partial charge is 0.491 e. The normalized spacial score (nSPS) is 9.86. The Morgan fingerprint density at radius 1 is 1.50 bits per heavy atom. The summed E-state index contributed by atoms with van der Waals surface area (Å²) in [6.45, 7) is 0.267. The van der Waals surface area contributed by atoms with Crippen LogP contribution in [0.15, 0.2) is 18.2 Å². The van der Waals surface area contributed by atoms with Crippen LogP contribution >= 0.6 is 23.2 Å². The van der Waals surface area contributed by atoms with Crippen molar-refractivity contribution in [1.29, 1.82) is 0 Å². The van der Waals surface area contributed by atoms with Crippen molar-refractivity contribution in [2.24, 2.45) is 0 Å². The van der Waals surface area contributed by atoms with Gasteiger partial charge in [0.25, 0.3) is 0 Å². The summed E-state index contributed by atoms with van der Waals surface area (Å²) in [5.74, 6) is -0.485. The average Bonchev–Trinajstić information content (AvgIpc) is 2.15. The van der Waals surface area contributed by atoms with Gasteiger partial charge in [0, 0.05) is 5.02 Å². The van der Waals surface area contributed by atoms with E-state index in [1.54, 1.807) is 6.07 Å². The predicted molar refractivity (Wildman–Crippen MR) is 54.6 cm³/mol. The Labute approximate surface area is 91.2 Å². The number of ether oxygens (including phenoxy) is 1. The minimum atomic E-state index is -1.07. The van der Waals surface area contributed by atoms with Gasteiger partial charge in [-0.15, -0.1) is 11.6 Å². The number of hydrogen-bond donors (Lipinski definition) is 1. The molecule has 1 aromatic rings. The topological polar surface area (TPSA) is 46.5 Å². The Morgan fingerprint density at radius 3 is 2.79 bits per heavy atom. The van der Waals surface area contributed by atoms with E-state index in [1.807, 2.05) is 0 Å². The second kappa shape index (κ2) is 5.08. The molecule has 0 aliphatic rings. The number of alkyl halides is 1. The summed E-state index contributed by atoms with van der Waals surface area (Å²) in [5.41, 5.74) is 0.0441. The smallest absolute Gasteiger partial charge is 0.339 e. The lowest BCUT2D eigenvalue weighted by Gasteiger charge is -2.07. The van der Waals surface area contributed by atoms with E-state index in [9.17, 15) is 4.79 Å². The maximum atomic E-state index is 10.8. The summed E-state index contributed by atoms with van der Waals surface area (Å²) >= 11 is 11.1. The van der Waals surface area contributed by atoms with Gasteiger partial charge in [0.2, 0.25) is 0 Å². The Morgan fingerprint density at radius 2 is 2.21 bits per heavy atom. The lowest BCUT2D eigenvalue weighted by atomic mass is 10.2. The summed E-state index contributed by atoms with van der Waals surface area (Å²) in [6, 6.07) is 4.42. The molecule has 0 radical (unpaired) electrons. The zero-order chi connectivity index (χ0) is 10.6. The maximum absolute atomic E-state index is 10.8. The van der Waals surface area contributed by atoms with Gasteiger partial charge >= 0.3 is 5.97 Å². The van der Waals surface area contributed by atoms with Crippen molar-refractivity contribution in [2.75, 3.05) is 12.5 Å². The van der Waals surface area contributed by atoms with Gasteiger partial charge in [0.05, 0.1) is 5.88 Å².